The molecule has 4 heteroatoms. The topological polar surface area (TPSA) is 51.6 Å². The average molecular weight is 661 g/mol. The van der Waals surface area contributed by atoms with Crippen molar-refractivity contribution in [2.45, 2.75) is 32.1 Å². The van der Waals surface area contributed by atoms with E-state index in [1.165, 1.54) is 16.7 Å². The zero-order valence-electron chi connectivity index (χ0n) is 29.1. The molecule has 8 rings (SSSR count). The third-order valence-electron chi connectivity index (χ3n) is 9.42. The van der Waals surface area contributed by atoms with E-state index in [1.54, 1.807) is 12.2 Å². The highest BCUT2D eigenvalue weighted by Gasteiger charge is 2.24. The number of hydrogen-bond acceptors (Lipinski definition) is 4. The molecule has 0 radical (unpaired) electrons. The summed E-state index contributed by atoms with van der Waals surface area (Å²) in [6, 6.07) is 44.3. The minimum absolute atomic E-state index is 0.219. The highest BCUT2D eigenvalue weighted by atomic mass is 14.9. The first-order valence-corrected chi connectivity index (χ1v) is 17.4. The molecule has 2 aromatic heterocycles. The Hall–Kier alpha value is -6.26. The molecule has 0 unspecified atom stereocenters. The summed E-state index contributed by atoms with van der Waals surface area (Å²) in [6.07, 6.45) is 12.1. The summed E-state index contributed by atoms with van der Waals surface area (Å²) in [5.74, 6) is 1.48. The number of fused-ring (bicyclic) bond motifs is 2. The van der Waals surface area contributed by atoms with E-state index in [0.717, 1.165) is 74.4 Å². The van der Waals surface area contributed by atoms with Gasteiger partial charge in [0.05, 0.1) is 22.4 Å². The van der Waals surface area contributed by atoms with Crippen molar-refractivity contribution in [3.05, 3.63) is 188 Å². The SMILES string of the molecule is C=CC=C.CC(C)(c1ccc(-c2nc(C3=CCCC=C3)c3ccccc3n2)cc1)c1ccc(-c2nc(-c3ccccc3)c3ccccc3n2)cc1. The molecule has 0 saturated heterocycles. The average Bonchev–Trinajstić information content (AvgIpc) is 3.21. The number of para-hydroxylation sites is 2. The van der Waals surface area contributed by atoms with Crippen LogP contribution in [0.1, 0.15) is 43.5 Å². The van der Waals surface area contributed by atoms with E-state index in [2.05, 4.69) is 136 Å². The minimum Gasteiger partial charge on any atom is -0.228 e. The number of nitrogens with zero attached hydrogens (tertiary/aromatic N) is 4. The Morgan fingerprint density at radius 2 is 1.00 bits per heavy atom. The van der Waals surface area contributed by atoms with E-state index in [9.17, 15) is 0 Å². The van der Waals surface area contributed by atoms with E-state index < -0.39 is 0 Å². The largest absolute Gasteiger partial charge is 0.228 e. The molecule has 1 aliphatic rings. The summed E-state index contributed by atoms with van der Waals surface area (Å²) in [5.41, 5.74) is 10.3. The summed E-state index contributed by atoms with van der Waals surface area (Å²) in [6.45, 7) is 11.3. The Balaban J connectivity index is 0.000000966. The summed E-state index contributed by atoms with van der Waals surface area (Å²) >= 11 is 0. The molecule has 0 spiro atoms. The van der Waals surface area contributed by atoms with Gasteiger partial charge in [-0.3, -0.25) is 0 Å². The molecule has 0 bridgehead atoms. The van der Waals surface area contributed by atoms with Crippen LogP contribution in [0.3, 0.4) is 0 Å². The molecular weight excluding hydrogens is 621 g/mol. The van der Waals surface area contributed by atoms with Gasteiger partial charge in [-0.25, -0.2) is 19.9 Å². The molecule has 51 heavy (non-hydrogen) atoms. The third-order valence-corrected chi connectivity index (χ3v) is 9.42. The van der Waals surface area contributed by atoms with Crippen molar-refractivity contribution < 1.29 is 0 Å². The van der Waals surface area contributed by atoms with Gasteiger partial charge in [0.2, 0.25) is 0 Å². The number of allylic oxidation sites excluding steroid dienone is 6. The molecule has 4 nitrogen and oxygen atoms in total. The van der Waals surface area contributed by atoms with Crippen LogP contribution in [0.25, 0.3) is 61.4 Å². The molecular formula is C47H40N4. The monoisotopic (exact) mass is 660 g/mol. The minimum atomic E-state index is -0.219. The standard InChI is InChI=1S/C43H34N4.C4H6/c1-43(2,33-25-21-31(22-26-33)41-44-37-19-11-9-17-35(37)39(46-41)29-13-5-3-6-14-29)34-27-23-32(24-28-34)42-45-38-20-12-10-18-36(38)40(47-42)30-15-7-4-8-16-30;1-3-4-2/h3,5-7,9-28H,4,8H2,1-2H3;3-4H,1-2H2. The summed E-state index contributed by atoms with van der Waals surface area (Å²) in [7, 11) is 0. The van der Waals surface area contributed by atoms with Gasteiger partial charge in [-0.1, -0.05) is 173 Å². The van der Waals surface area contributed by atoms with Gasteiger partial charge in [0.1, 0.15) is 0 Å². The number of rotatable bonds is 7. The van der Waals surface area contributed by atoms with Crippen LogP contribution < -0.4 is 0 Å². The zero-order valence-corrected chi connectivity index (χ0v) is 29.1. The van der Waals surface area contributed by atoms with Crippen LogP contribution in [0.5, 0.6) is 0 Å². The maximum atomic E-state index is 5.09. The maximum absolute atomic E-state index is 5.09. The quantitative estimate of drug-likeness (QED) is 0.160. The molecule has 0 N–H and O–H groups in total. The highest BCUT2D eigenvalue weighted by Crippen LogP contribution is 2.35. The van der Waals surface area contributed by atoms with Crippen molar-refractivity contribution in [2.24, 2.45) is 0 Å². The van der Waals surface area contributed by atoms with Crippen molar-refractivity contribution in [2.75, 3.05) is 0 Å². The second-order valence-electron chi connectivity index (χ2n) is 13.1. The third kappa shape index (κ3) is 6.95. The first kappa shape index (κ1) is 33.2. The Morgan fingerprint density at radius 3 is 1.51 bits per heavy atom. The van der Waals surface area contributed by atoms with Gasteiger partial charge in [-0.2, -0.15) is 0 Å². The van der Waals surface area contributed by atoms with E-state index in [1.807, 2.05) is 36.4 Å². The van der Waals surface area contributed by atoms with Crippen LogP contribution in [0.15, 0.2) is 171 Å². The van der Waals surface area contributed by atoms with Crippen LogP contribution >= 0.6 is 0 Å². The van der Waals surface area contributed by atoms with E-state index >= 15 is 0 Å². The van der Waals surface area contributed by atoms with Gasteiger partial charge in [-0.15, -0.1) is 0 Å². The van der Waals surface area contributed by atoms with Gasteiger partial charge in [0.15, 0.2) is 11.6 Å². The van der Waals surface area contributed by atoms with E-state index in [-0.39, 0.29) is 5.41 Å². The van der Waals surface area contributed by atoms with Crippen molar-refractivity contribution in [1.29, 1.82) is 0 Å². The molecule has 248 valence electrons. The Kier molecular flexibility index (Phi) is 9.58. The van der Waals surface area contributed by atoms with Crippen LogP contribution in [-0.4, -0.2) is 19.9 Å². The first-order chi connectivity index (χ1) is 25.0. The molecule has 5 aromatic carbocycles. The number of aromatic nitrogens is 4. The van der Waals surface area contributed by atoms with Crippen LogP contribution in [0, 0.1) is 0 Å². The molecule has 0 aliphatic heterocycles. The molecule has 7 aromatic rings. The number of benzene rings is 5. The smallest absolute Gasteiger partial charge is 0.160 e. The van der Waals surface area contributed by atoms with E-state index in [0.29, 0.717) is 0 Å². The molecule has 1 aliphatic carbocycles. The predicted molar refractivity (Wildman–Crippen MR) is 214 cm³/mol. The van der Waals surface area contributed by atoms with Crippen molar-refractivity contribution in [3.63, 3.8) is 0 Å². The van der Waals surface area contributed by atoms with Gasteiger partial charge >= 0.3 is 0 Å². The fourth-order valence-electron chi connectivity index (χ4n) is 6.48. The lowest BCUT2D eigenvalue weighted by molar-refractivity contribution is 0.641. The van der Waals surface area contributed by atoms with Crippen LogP contribution in [0.4, 0.5) is 0 Å². The summed E-state index contributed by atoms with van der Waals surface area (Å²) in [4.78, 5) is 20.0. The molecule has 0 amide bonds. The lowest BCUT2D eigenvalue weighted by Crippen LogP contribution is -2.18. The second kappa shape index (κ2) is 14.7. The van der Waals surface area contributed by atoms with Crippen LogP contribution in [0.2, 0.25) is 0 Å². The van der Waals surface area contributed by atoms with Crippen LogP contribution in [-0.2, 0) is 5.41 Å². The molecule has 0 fully saturated rings. The van der Waals surface area contributed by atoms with Crippen molar-refractivity contribution in [1.82, 2.24) is 19.9 Å². The predicted octanol–water partition coefficient (Wildman–Crippen LogP) is 12.0. The lowest BCUT2D eigenvalue weighted by Gasteiger charge is -2.26. The summed E-state index contributed by atoms with van der Waals surface area (Å²) in [5, 5.41) is 2.14. The van der Waals surface area contributed by atoms with E-state index in [4.69, 9.17) is 19.9 Å². The second-order valence-corrected chi connectivity index (χ2v) is 13.1. The Labute approximate surface area is 300 Å². The van der Waals surface area contributed by atoms with Gasteiger partial charge in [0, 0.05) is 32.9 Å². The molecule has 2 heterocycles. The van der Waals surface area contributed by atoms with Gasteiger partial charge in [-0.05, 0) is 41.7 Å². The Morgan fingerprint density at radius 1 is 0.510 bits per heavy atom. The normalized spacial score (nSPS) is 12.5. The van der Waals surface area contributed by atoms with Gasteiger partial charge < -0.3 is 0 Å². The summed E-state index contributed by atoms with van der Waals surface area (Å²) < 4.78 is 0. The van der Waals surface area contributed by atoms with Gasteiger partial charge in [0.25, 0.3) is 0 Å². The zero-order chi connectivity index (χ0) is 35.2. The van der Waals surface area contributed by atoms with Crippen molar-refractivity contribution in [3.8, 4) is 34.0 Å². The van der Waals surface area contributed by atoms with Crippen molar-refractivity contribution >= 4 is 27.4 Å². The highest BCUT2D eigenvalue weighted by molar-refractivity contribution is 5.94. The first-order valence-electron chi connectivity index (χ1n) is 17.4. The Bertz CT molecular complexity index is 2400. The fraction of sp³-hybridized carbons (Fsp3) is 0.106. The maximum Gasteiger partial charge on any atom is 0.160 e. The lowest BCUT2D eigenvalue weighted by atomic mass is 9.77. The molecule has 0 saturated carbocycles. The molecule has 0 atom stereocenters. The fourth-order valence-corrected chi connectivity index (χ4v) is 6.48. The number of hydrogen-bond donors (Lipinski definition) is 0.